The van der Waals surface area contributed by atoms with E-state index in [-0.39, 0.29) is 5.75 Å². The Balaban J connectivity index is 1.05. The number of piperazine rings is 1. The van der Waals surface area contributed by atoms with Crippen molar-refractivity contribution in [3.05, 3.63) is 30.3 Å². The lowest BCUT2D eigenvalue weighted by molar-refractivity contribution is 0.0219. The Labute approximate surface area is 207 Å². The number of phenols is 1. The molecule has 4 aliphatic heterocycles. The van der Waals surface area contributed by atoms with E-state index < -0.39 is 0 Å². The van der Waals surface area contributed by atoms with Crippen LogP contribution < -0.4 is 15.5 Å². The number of aromatic hydroxyl groups is 1. The SMILES string of the molecule is Oc1ccccc1-c1cc2c(nn1)NC[C@H]1CN(C3CCN(CCOC4CCNCC4)C3)CCN21. The van der Waals surface area contributed by atoms with Gasteiger partial charge in [-0.15, -0.1) is 10.2 Å². The maximum Gasteiger partial charge on any atom is 0.172 e. The molecular weight excluding hydrogens is 442 g/mol. The fourth-order valence-electron chi connectivity index (χ4n) is 6.09. The van der Waals surface area contributed by atoms with Crippen molar-refractivity contribution in [3.8, 4) is 17.0 Å². The maximum atomic E-state index is 10.3. The molecule has 1 aromatic heterocycles. The summed E-state index contributed by atoms with van der Waals surface area (Å²) in [6.45, 7) is 10.4. The van der Waals surface area contributed by atoms with Gasteiger partial charge in [-0.05, 0) is 57.1 Å². The summed E-state index contributed by atoms with van der Waals surface area (Å²) in [7, 11) is 0. The summed E-state index contributed by atoms with van der Waals surface area (Å²) in [5.41, 5.74) is 2.53. The van der Waals surface area contributed by atoms with Gasteiger partial charge in [-0.2, -0.15) is 0 Å². The molecule has 1 aromatic carbocycles. The molecule has 5 heterocycles. The number of benzene rings is 1. The van der Waals surface area contributed by atoms with Crippen LogP contribution in [0.5, 0.6) is 5.75 Å². The van der Waals surface area contributed by atoms with E-state index in [0.29, 0.717) is 23.9 Å². The van der Waals surface area contributed by atoms with E-state index in [1.54, 1.807) is 6.07 Å². The standard InChI is InChI=1S/C26H37N7O2/c34-25-4-2-1-3-22(25)23-15-24-26(30-29-23)28-16-20-18-32(11-12-33(20)24)19-7-10-31(17-19)13-14-35-21-5-8-27-9-6-21/h1-4,15,19-21,27,34H,5-14,16-18H2,(H,28,30)/t19?,20-/m0/s1. The summed E-state index contributed by atoms with van der Waals surface area (Å²) in [4.78, 5) is 7.76. The highest BCUT2D eigenvalue weighted by Gasteiger charge is 2.37. The summed E-state index contributed by atoms with van der Waals surface area (Å²) in [6.07, 6.45) is 3.98. The summed E-state index contributed by atoms with van der Waals surface area (Å²) in [5, 5.41) is 26.0. The molecule has 0 saturated carbocycles. The highest BCUT2D eigenvalue weighted by Crippen LogP contribution is 2.36. The molecule has 0 aliphatic carbocycles. The average Bonchev–Trinajstić information content (AvgIpc) is 3.38. The van der Waals surface area contributed by atoms with E-state index in [1.165, 1.54) is 13.0 Å². The number of ether oxygens (including phenoxy) is 1. The van der Waals surface area contributed by atoms with Crippen LogP contribution in [-0.4, -0.2) is 109 Å². The lowest BCUT2D eigenvalue weighted by Gasteiger charge is -2.47. The second-order valence-electron chi connectivity index (χ2n) is 10.3. The largest absolute Gasteiger partial charge is 0.507 e. The van der Waals surface area contributed by atoms with Gasteiger partial charge in [0.1, 0.15) is 5.75 Å². The second-order valence-corrected chi connectivity index (χ2v) is 10.3. The fraction of sp³-hybridized carbons (Fsp3) is 0.615. The molecule has 0 bridgehead atoms. The zero-order valence-corrected chi connectivity index (χ0v) is 20.4. The molecule has 6 rings (SSSR count). The third-order valence-corrected chi connectivity index (χ3v) is 8.09. The maximum absolute atomic E-state index is 10.3. The number of fused-ring (bicyclic) bond motifs is 3. The molecule has 188 valence electrons. The van der Waals surface area contributed by atoms with Crippen LogP contribution in [0.25, 0.3) is 11.3 Å². The van der Waals surface area contributed by atoms with Crippen LogP contribution in [0.3, 0.4) is 0 Å². The first-order chi connectivity index (χ1) is 17.2. The van der Waals surface area contributed by atoms with Crippen molar-refractivity contribution < 1.29 is 9.84 Å². The molecule has 9 nitrogen and oxygen atoms in total. The minimum absolute atomic E-state index is 0.235. The number of para-hydroxylation sites is 1. The van der Waals surface area contributed by atoms with Gasteiger partial charge in [-0.1, -0.05) is 12.1 Å². The molecule has 0 radical (unpaired) electrons. The molecule has 3 N–H and O–H groups in total. The van der Waals surface area contributed by atoms with Gasteiger partial charge >= 0.3 is 0 Å². The van der Waals surface area contributed by atoms with Crippen LogP contribution in [-0.2, 0) is 4.74 Å². The van der Waals surface area contributed by atoms with Gasteiger partial charge < -0.3 is 25.4 Å². The van der Waals surface area contributed by atoms with Crippen LogP contribution in [0, 0.1) is 0 Å². The van der Waals surface area contributed by atoms with E-state index in [9.17, 15) is 5.11 Å². The van der Waals surface area contributed by atoms with Gasteiger partial charge in [-0.25, -0.2) is 0 Å². The third kappa shape index (κ3) is 4.95. The van der Waals surface area contributed by atoms with Crippen LogP contribution in [0.4, 0.5) is 11.5 Å². The molecule has 2 aromatic rings. The number of piperidine rings is 1. The van der Waals surface area contributed by atoms with Gasteiger partial charge in [0.25, 0.3) is 0 Å². The molecule has 1 unspecified atom stereocenters. The smallest absolute Gasteiger partial charge is 0.172 e. The Bertz CT molecular complexity index is 1010. The predicted molar refractivity (Wildman–Crippen MR) is 137 cm³/mol. The first-order valence-corrected chi connectivity index (χ1v) is 13.2. The number of hydrogen-bond donors (Lipinski definition) is 3. The summed E-state index contributed by atoms with van der Waals surface area (Å²) < 4.78 is 6.14. The van der Waals surface area contributed by atoms with Crippen LogP contribution in [0.15, 0.2) is 30.3 Å². The first-order valence-electron chi connectivity index (χ1n) is 13.2. The zero-order chi connectivity index (χ0) is 23.6. The Morgan fingerprint density at radius 3 is 2.77 bits per heavy atom. The number of nitrogens with one attached hydrogen (secondary N) is 2. The third-order valence-electron chi connectivity index (χ3n) is 8.09. The molecule has 3 saturated heterocycles. The summed E-state index contributed by atoms with van der Waals surface area (Å²) in [5.74, 6) is 1.08. The van der Waals surface area contributed by atoms with Crippen LogP contribution >= 0.6 is 0 Å². The van der Waals surface area contributed by atoms with Crippen LogP contribution in [0.1, 0.15) is 19.3 Å². The van der Waals surface area contributed by atoms with Crippen molar-refractivity contribution in [2.45, 2.75) is 37.5 Å². The zero-order valence-electron chi connectivity index (χ0n) is 20.4. The van der Waals surface area contributed by atoms with Crippen molar-refractivity contribution in [1.29, 1.82) is 0 Å². The van der Waals surface area contributed by atoms with Gasteiger partial charge in [0.2, 0.25) is 0 Å². The summed E-state index contributed by atoms with van der Waals surface area (Å²) >= 11 is 0. The van der Waals surface area contributed by atoms with Gasteiger partial charge in [0.15, 0.2) is 5.82 Å². The normalized spacial score (nSPS) is 25.8. The number of anilines is 2. The molecular formula is C26H37N7O2. The minimum Gasteiger partial charge on any atom is -0.507 e. The van der Waals surface area contributed by atoms with E-state index >= 15 is 0 Å². The topological polar surface area (TPSA) is 89.0 Å². The Morgan fingerprint density at radius 2 is 1.89 bits per heavy atom. The first kappa shape index (κ1) is 23.0. The molecule has 35 heavy (non-hydrogen) atoms. The van der Waals surface area contributed by atoms with Gasteiger partial charge in [0.05, 0.1) is 30.1 Å². The van der Waals surface area contributed by atoms with Crippen molar-refractivity contribution in [2.24, 2.45) is 0 Å². The molecule has 3 fully saturated rings. The van der Waals surface area contributed by atoms with Crippen LogP contribution in [0.2, 0.25) is 0 Å². The van der Waals surface area contributed by atoms with E-state index in [0.717, 1.165) is 88.9 Å². The highest BCUT2D eigenvalue weighted by molar-refractivity contribution is 5.76. The minimum atomic E-state index is 0.235. The quantitative estimate of drug-likeness (QED) is 0.572. The Kier molecular flexibility index (Phi) is 6.73. The number of likely N-dealkylation sites (tertiary alicyclic amines) is 1. The fourth-order valence-corrected chi connectivity index (χ4v) is 6.09. The second kappa shape index (κ2) is 10.3. The molecule has 9 heteroatoms. The van der Waals surface area contributed by atoms with E-state index in [1.807, 2.05) is 18.2 Å². The van der Waals surface area contributed by atoms with Gasteiger partial charge in [-0.3, -0.25) is 9.80 Å². The average molecular weight is 480 g/mol. The number of hydrogen-bond acceptors (Lipinski definition) is 9. The van der Waals surface area contributed by atoms with E-state index in [4.69, 9.17) is 4.74 Å². The molecule has 2 atom stereocenters. The monoisotopic (exact) mass is 479 g/mol. The molecule has 0 spiro atoms. The Hall–Kier alpha value is -2.46. The van der Waals surface area contributed by atoms with E-state index in [2.05, 4.69) is 41.6 Å². The molecule has 4 aliphatic rings. The lowest BCUT2D eigenvalue weighted by Crippen LogP contribution is -2.60. The number of aromatic nitrogens is 2. The number of nitrogens with zero attached hydrogens (tertiary/aromatic N) is 5. The number of rotatable bonds is 6. The Morgan fingerprint density at radius 1 is 1.00 bits per heavy atom. The number of phenolic OH excluding ortho intramolecular Hbond substituents is 1. The predicted octanol–water partition coefficient (Wildman–Crippen LogP) is 1.61. The van der Waals surface area contributed by atoms with Crippen molar-refractivity contribution in [2.75, 3.05) is 75.7 Å². The van der Waals surface area contributed by atoms with Crippen molar-refractivity contribution in [1.82, 2.24) is 25.3 Å². The summed E-state index contributed by atoms with van der Waals surface area (Å²) in [6, 6.07) is 10.4. The highest BCUT2D eigenvalue weighted by atomic mass is 16.5. The molecule has 0 amide bonds. The lowest BCUT2D eigenvalue weighted by atomic mass is 10.0. The van der Waals surface area contributed by atoms with Gasteiger partial charge in [0, 0.05) is 50.9 Å². The van der Waals surface area contributed by atoms with Crippen molar-refractivity contribution in [3.63, 3.8) is 0 Å². The van der Waals surface area contributed by atoms with Crippen molar-refractivity contribution >= 4 is 11.5 Å².